The molecule has 0 aliphatic carbocycles. The van der Waals surface area contributed by atoms with E-state index in [-0.39, 0.29) is 166 Å². The SMILES string of the molecule is O.O.O.O.O.O.O.O.O.O.O.O.O.O.O.O.O.O.O.O.O.O.O.O.O=S(=O)([O-])[O-].O=S(=O)([O-])[O-].O=S(=O)([O-])[O-].[Al+3].[Al+3]. The van der Waals surface area contributed by atoms with E-state index in [2.05, 4.69) is 0 Å². The van der Waals surface area contributed by atoms with Gasteiger partial charge in [-0.3, -0.25) is 25.3 Å². The largest absolute Gasteiger partial charge is 3.00 e. The molecule has 0 rings (SSSR count). The van der Waals surface area contributed by atoms with E-state index in [9.17, 15) is 0 Å². The topological polar surface area (TPSA) is 997 Å². The van der Waals surface area contributed by atoms with E-state index in [1.165, 1.54) is 0 Å². The maximum Gasteiger partial charge on any atom is 3.00 e. The first-order valence-electron chi connectivity index (χ1n) is 2.00. The van der Waals surface area contributed by atoms with Crippen molar-refractivity contribution in [3.8, 4) is 0 Å². The molecule has 0 amide bonds. The van der Waals surface area contributed by atoms with Gasteiger partial charge >= 0.3 is 34.7 Å². The van der Waals surface area contributed by atoms with Crippen molar-refractivity contribution >= 4 is 65.9 Å². The Morgan fingerprint density at radius 2 is 0.195 bits per heavy atom. The zero-order chi connectivity index (χ0) is 13.5. The molecule has 0 saturated heterocycles. The van der Waals surface area contributed by atoms with E-state index in [1.807, 2.05) is 0 Å². The Labute approximate surface area is 250 Å². The molecule has 0 fully saturated rings. The fourth-order valence-electron chi connectivity index (χ4n) is 0. The molecule has 0 saturated carbocycles. The second-order valence-corrected chi connectivity index (χ2v) is 3.67. The third kappa shape index (κ3) is 695000. The van der Waals surface area contributed by atoms with Crippen LogP contribution in [0.25, 0.3) is 0 Å². The maximum atomic E-state index is 8.52. The van der Waals surface area contributed by atoms with Gasteiger partial charge in [-0.25, -0.2) is 0 Å². The van der Waals surface area contributed by atoms with Crippen molar-refractivity contribution in [1.82, 2.24) is 0 Å². The van der Waals surface area contributed by atoms with E-state index < -0.39 is 31.2 Å². The van der Waals surface area contributed by atoms with Gasteiger partial charge in [0, 0.05) is 31.2 Å². The quantitative estimate of drug-likeness (QED) is 0.126. The Morgan fingerprint density at radius 1 is 0.195 bits per heavy atom. The van der Waals surface area contributed by atoms with Gasteiger partial charge in [0.1, 0.15) is 0 Å². The van der Waals surface area contributed by atoms with Crippen molar-refractivity contribution in [2.75, 3.05) is 0 Å². The Hall–Kier alpha value is -0.285. The number of hydrogen-bond donors (Lipinski definition) is 0. The van der Waals surface area contributed by atoms with Gasteiger partial charge in [0.25, 0.3) is 0 Å². The smallest absolute Gasteiger partial charge is 0.759 e. The molecule has 0 aromatic carbocycles. The molecule has 48 N–H and O–H groups in total. The van der Waals surface area contributed by atoms with Gasteiger partial charge in [-0.2, -0.15) is 0 Å². The second kappa shape index (κ2) is 190. The molecule has 41 heteroatoms. The second-order valence-electron chi connectivity index (χ2n) is 1.22. The molecule has 0 aliphatic heterocycles. The number of rotatable bonds is 0. The average molecular weight is 775 g/mol. The van der Waals surface area contributed by atoms with E-state index in [4.69, 9.17) is 52.6 Å². The molecular formula is H48Al2O36S3. The van der Waals surface area contributed by atoms with Crippen LogP contribution in [0.5, 0.6) is 0 Å². The zero-order valence-electron chi connectivity index (χ0n) is 19.3. The molecule has 0 aromatic heterocycles. The standard InChI is InChI=1S/2Al.3H2O4S.24H2O/c;;3*1-5(2,3)4;;;;;;;;;;;;;;;;;;;;;;;;/h;;3*(H2,1,2,3,4);24*1H2/q2*+3;;;;;;;;;;;;;;;;;;;;;;;;;;;/p-6. The van der Waals surface area contributed by atoms with Crippen molar-refractivity contribution < 1.29 is 184 Å². The predicted molar refractivity (Wildman–Crippen MR) is 130 cm³/mol. The normalized spacial score (nSPS) is 4.24. The van der Waals surface area contributed by atoms with Crippen molar-refractivity contribution in [2.24, 2.45) is 0 Å². The van der Waals surface area contributed by atoms with Crippen LogP contribution in [0, 0.1) is 0 Å². The van der Waals surface area contributed by atoms with Crippen LogP contribution in [-0.4, -0.2) is 219 Å². The first-order valence-corrected chi connectivity index (χ1v) is 6.00. The van der Waals surface area contributed by atoms with Gasteiger partial charge < -0.3 is 159 Å². The van der Waals surface area contributed by atoms with Gasteiger partial charge in [0.2, 0.25) is 0 Å². The zero-order valence-corrected chi connectivity index (χ0v) is 24.0. The van der Waals surface area contributed by atoms with Crippen molar-refractivity contribution in [3.63, 3.8) is 0 Å². The molecule has 0 aliphatic rings. The van der Waals surface area contributed by atoms with Crippen molar-refractivity contribution in [2.45, 2.75) is 0 Å². The summed E-state index contributed by atoms with van der Waals surface area (Å²) >= 11 is 0. The van der Waals surface area contributed by atoms with Crippen molar-refractivity contribution in [3.05, 3.63) is 0 Å². The van der Waals surface area contributed by atoms with Crippen LogP contribution in [0.3, 0.4) is 0 Å². The minimum absolute atomic E-state index is 0. The van der Waals surface area contributed by atoms with E-state index in [0.29, 0.717) is 0 Å². The Bertz CT molecular complexity index is 348. The van der Waals surface area contributed by atoms with Crippen LogP contribution in [0.2, 0.25) is 0 Å². The third-order valence-corrected chi connectivity index (χ3v) is 0. The van der Waals surface area contributed by atoms with Gasteiger partial charge in [0.15, 0.2) is 0 Å². The molecular weight excluding hydrogens is 726 g/mol. The first-order chi connectivity index (χ1) is 6.00. The van der Waals surface area contributed by atoms with Crippen LogP contribution < -0.4 is 0 Å². The third-order valence-electron chi connectivity index (χ3n) is 0. The fraction of sp³-hybridized carbons (Fsp3) is 0. The summed E-state index contributed by atoms with van der Waals surface area (Å²) in [4.78, 5) is 0. The van der Waals surface area contributed by atoms with E-state index in [0.717, 1.165) is 0 Å². The fourth-order valence-corrected chi connectivity index (χ4v) is 0. The summed E-state index contributed by atoms with van der Waals surface area (Å²) in [5, 5.41) is 0. The van der Waals surface area contributed by atoms with Gasteiger partial charge in [-0.05, 0) is 0 Å². The minimum Gasteiger partial charge on any atom is -0.759 e. The summed E-state index contributed by atoms with van der Waals surface area (Å²) < 4.78 is 102. The number of hydrogen-bond acceptors (Lipinski definition) is 12. The summed E-state index contributed by atoms with van der Waals surface area (Å²) in [5.74, 6) is 0. The maximum absolute atomic E-state index is 8.52. The molecule has 288 valence electrons. The van der Waals surface area contributed by atoms with E-state index >= 15 is 0 Å². The molecule has 0 atom stereocenters. The van der Waals surface area contributed by atoms with Gasteiger partial charge in [-0.1, -0.05) is 0 Å². The monoisotopic (exact) mass is 774 g/mol. The Morgan fingerprint density at radius 3 is 0.195 bits per heavy atom. The van der Waals surface area contributed by atoms with Gasteiger partial charge in [0.05, 0.1) is 0 Å². The molecule has 36 nitrogen and oxygen atoms in total. The van der Waals surface area contributed by atoms with Crippen LogP contribution in [0.15, 0.2) is 0 Å². The molecule has 0 radical (unpaired) electrons. The Kier molecular flexibility index (Phi) is 2160. The molecule has 0 unspecified atom stereocenters. The molecule has 0 bridgehead atoms. The summed E-state index contributed by atoms with van der Waals surface area (Å²) in [6.45, 7) is 0. The average Bonchev–Trinajstić information content (AvgIpc) is 1.41. The van der Waals surface area contributed by atoms with Crippen molar-refractivity contribution in [1.29, 1.82) is 0 Å². The van der Waals surface area contributed by atoms with Crippen LogP contribution in [0.1, 0.15) is 0 Å². The first kappa shape index (κ1) is 468. The molecule has 41 heavy (non-hydrogen) atoms. The summed E-state index contributed by atoms with van der Waals surface area (Å²) in [6.07, 6.45) is 0. The van der Waals surface area contributed by atoms with Crippen LogP contribution in [-0.2, 0) is 31.2 Å². The van der Waals surface area contributed by atoms with Crippen LogP contribution in [0.4, 0.5) is 0 Å². The summed E-state index contributed by atoms with van der Waals surface area (Å²) in [6, 6.07) is 0. The van der Waals surface area contributed by atoms with Gasteiger partial charge in [-0.15, -0.1) is 0 Å². The van der Waals surface area contributed by atoms with E-state index in [1.54, 1.807) is 0 Å². The summed E-state index contributed by atoms with van der Waals surface area (Å²) in [5.41, 5.74) is 0. The summed E-state index contributed by atoms with van der Waals surface area (Å²) in [7, 11) is -15.5. The molecule has 0 heterocycles. The predicted octanol–water partition coefficient (Wildman–Crippen LogP) is -24.6. The molecule has 0 spiro atoms. The Balaban J connectivity index is -0.00000000148. The van der Waals surface area contributed by atoms with Crippen LogP contribution >= 0.6 is 0 Å². The minimum atomic E-state index is -5.17. The molecule has 0 aromatic rings.